The fourth-order valence-electron chi connectivity index (χ4n) is 6.09. The molecular weight excluding hydrogens is 667 g/mol. The van der Waals surface area contributed by atoms with Gasteiger partial charge in [-0.1, -0.05) is 84.6 Å². The number of methoxy groups -OCH3 is 2. The number of rotatable bonds is 12. The number of hydrogen-bond donors (Lipinski definition) is 2. The summed E-state index contributed by atoms with van der Waals surface area (Å²) in [4.78, 5) is 17.7. The highest BCUT2D eigenvalue weighted by atomic mass is 32.2. The second kappa shape index (κ2) is 16.2. The van der Waals surface area contributed by atoms with E-state index in [0.29, 0.717) is 29.2 Å². The molecule has 10 nitrogen and oxygen atoms in total. The Hall–Kier alpha value is -5.25. The van der Waals surface area contributed by atoms with Gasteiger partial charge in [-0.2, -0.15) is 4.98 Å². The van der Waals surface area contributed by atoms with E-state index in [9.17, 15) is 14.1 Å². The van der Waals surface area contributed by atoms with Crippen LogP contribution in [0.15, 0.2) is 125 Å². The molecule has 51 heavy (non-hydrogen) atoms. The number of anilines is 1. The molecule has 4 aromatic carbocycles. The molecule has 0 spiro atoms. The van der Waals surface area contributed by atoms with E-state index in [1.807, 2.05) is 109 Å². The van der Waals surface area contributed by atoms with Gasteiger partial charge in [-0.3, -0.25) is 8.78 Å². The number of hydrogen-bond acceptors (Lipinski definition) is 9. The Labute approximate surface area is 299 Å². The van der Waals surface area contributed by atoms with Gasteiger partial charge in [0, 0.05) is 29.7 Å². The summed E-state index contributed by atoms with van der Waals surface area (Å²) in [6.45, 7) is -0.0208. The van der Waals surface area contributed by atoms with Crippen molar-refractivity contribution in [1.29, 1.82) is 0 Å². The molecule has 0 saturated carbocycles. The lowest BCUT2D eigenvalue weighted by atomic mass is 9.80. The molecule has 1 aliphatic heterocycles. The third kappa shape index (κ3) is 7.90. The van der Waals surface area contributed by atoms with E-state index in [4.69, 9.17) is 24.7 Å². The maximum absolute atomic E-state index is 13.0. The van der Waals surface area contributed by atoms with E-state index in [2.05, 4.69) is 16.8 Å². The lowest BCUT2D eigenvalue weighted by molar-refractivity contribution is -0.0944. The molecule has 3 N–H and O–H groups in total. The van der Waals surface area contributed by atoms with Crippen LogP contribution in [-0.2, 0) is 25.9 Å². The molecule has 0 bridgehead atoms. The minimum Gasteiger partial charge on any atom is -0.497 e. The van der Waals surface area contributed by atoms with Gasteiger partial charge in [-0.25, -0.2) is 4.79 Å². The number of nitrogens with zero attached hydrogens (tertiary/aromatic N) is 2. The molecular formula is C40H39N3O7S. The molecule has 0 radical (unpaired) electrons. The van der Waals surface area contributed by atoms with Crippen molar-refractivity contribution in [3.63, 3.8) is 0 Å². The van der Waals surface area contributed by atoms with Gasteiger partial charge in [-0.05, 0) is 53.1 Å². The Bertz CT molecular complexity index is 2010. The van der Waals surface area contributed by atoms with Crippen LogP contribution in [0.3, 0.4) is 0 Å². The molecule has 4 atom stereocenters. The highest BCUT2D eigenvalue weighted by molar-refractivity contribution is 7.85. The zero-order valence-corrected chi connectivity index (χ0v) is 29.1. The van der Waals surface area contributed by atoms with Crippen LogP contribution in [0.5, 0.6) is 11.5 Å². The third-order valence-electron chi connectivity index (χ3n) is 8.77. The molecule has 2 heterocycles. The lowest BCUT2D eigenvalue weighted by Gasteiger charge is -2.37. The predicted molar refractivity (Wildman–Crippen MR) is 195 cm³/mol. The number of aliphatic hydroxyl groups excluding tert-OH is 1. The summed E-state index contributed by atoms with van der Waals surface area (Å²) in [5.41, 5.74) is 7.17. The lowest BCUT2D eigenvalue weighted by Crippen LogP contribution is -2.38. The van der Waals surface area contributed by atoms with Crippen molar-refractivity contribution in [2.75, 3.05) is 32.3 Å². The van der Waals surface area contributed by atoms with Crippen LogP contribution in [0.25, 0.3) is 0 Å². The van der Waals surface area contributed by atoms with E-state index in [1.165, 1.54) is 10.8 Å². The summed E-state index contributed by atoms with van der Waals surface area (Å²) in [6, 6.07) is 34.3. The molecule has 11 heteroatoms. The SMILES string of the molecule is COc1ccc(C(OC[C@H]2O[C@@H](n3cc(C#CCCS(=O)c4ccccc4)c(N)nc3=O)C[C@@H]2O)(c2ccccc2)c2ccc(OC)cc2)cc1. The molecule has 5 aromatic rings. The van der Waals surface area contributed by atoms with Crippen molar-refractivity contribution in [2.45, 2.75) is 41.8 Å². The summed E-state index contributed by atoms with van der Waals surface area (Å²) < 4.78 is 38.0. The number of nitrogens with two attached hydrogens (primary N) is 1. The first-order valence-electron chi connectivity index (χ1n) is 16.5. The molecule has 1 fully saturated rings. The van der Waals surface area contributed by atoms with Crippen molar-refractivity contribution in [3.05, 3.63) is 148 Å². The molecule has 1 aliphatic rings. The Morgan fingerprint density at radius 2 is 1.47 bits per heavy atom. The third-order valence-corrected chi connectivity index (χ3v) is 10.1. The van der Waals surface area contributed by atoms with Crippen molar-refractivity contribution in [2.24, 2.45) is 0 Å². The van der Waals surface area contributed by atoms with Crippen LogP contribution in [0.2, 0.25) is 0 Å². The average Bonchev–Trinajstić information content (AvgIpc) is 3.55. The maximum Gasteiger partial charge on any atom is 0.351 e. The maximum atomic E-state index is 13.0. The van der Waals surface area contributed by atoms with E-state index in [1.54, 1.807) is 14.2 Å². The normalized spacial score (nSPS) is 17.7. The first-order chi connectivity index (χ1) is 24.8. The quantitative estimate of drug-likeness (QED) is 0.135. The second-order valence-electron chi connectivity index (χ2n) is 11.9. The first-order valence-corrected chi connectivity index (χ1v) is 17.8. The van der Waals surface area contributed by atoms with Crippen molar-refractivity contribution >= 4 is 16.6 Å². The van der Waals surface area contributed by atoms with Gasteiger partial charge in [0.2, 0.25) is 0 Å². The van der Waals surface area contributed by atoms with Crippen LogP contribution < -0.4 is 20.9 Å². The monoisotopic (exact) mass is 705 g/mol. The van der Waals surface area contributed by atoms with E-state index < -0.39 is 40.5 Å². The highest BCUT2D eigenvalue weighted by Crippen LogP contribution is 2.42. The van der Waals surface area contributed by atoms with E-state index >= 15 is 0 Å². The molecule has 262 valence electrons. The number of nitrogen functional groups attached to an aromatic ring is 1. The van der Waals surface area contributed by atoms with Crippen LogP contribution >= 0.6 is 0 Å². The minimum atomic E-state index is -1.19. The fourth-order valence-corrected chi connectivity index (χ4v) is 7.08. The van der Waals surface area contributed by atoms with Gasteiger partial charge in [0.25, 0.3) is 0 Å². The Morgan fingerprint density at radius 3 is 2.06 bits per heavy atom. The van der Waals surface area contributed by atoms with Crippen LogP contribution in [-0.4, -0.2) is 57.7 Å². The number of aliphatic hydroxyl groups is 1. The van der Waals surface area contributed by atoms with Gasteiger partial charge >= 0.3 is 5.69 Å². The van der Waals surface area contributed by atoms with Gasteiger partial charge in [0.05, 0.1) is 43.3 Å². The average molecular weight is 706 g/mol. The summed E-state index contributed by atoms with van der Waals surface area (Å²) in [5.74, 6) is 7.67. The minimum absolute atomic E-state index is 0.0158. The standard InChI is InChI=1S/C40H39N3O7S/c1-47-32-20-16-30(17-21-32)40(29-12-5-3-6-13-29,31-18-22-33(48-2)23-19-31)49-27-36-35(44)25-37(50-36)43-26-28(38(41)42-39(43)45)11-9-10-24-51(46)34-14-7-4-8-15-34/h3-8,12-23,26,35-37,44H,10,24-25,27H2,1-2H3,(H2,41,42,45)/t35-,36+,37+,51?/m0/s1. The van der Waals surface area contributed by atoms with Crippen molar-refractivity contribution in [1.82, 2.24) is 9.55 Å². The highest BCUT2D eigenvalue weighted by Gasteiger charge is 2.42. The zero-order valence-electron chi connectivity index (χ0n) is 28.3. The van der Waals surface area contributed by atoms with Crippen molar-refractivity contribution in [3.8, 4) is 23.3 Å². The van der Waals surface area contributed by atoms with Crippen LogP contribution in [0.4, 0.5) is 5.82 Å². The molecule has 1 unspecified atom stereocenters. The Kier molecular flexibility index (Phi) is 11.3. The largest absolute Gasteiger partial charge is 0.497 e. The zero-order chi connectivity index (χ0) is 35.8. The van der Waals surface area contributed by atoms with Crippen molar-refractivity contribution < 1.29 is 28.3 Å². The predicted octanol–water partition coefficient (Wildman–Crippen LogP) is 5.05. The molecule has 6 rings (SSSR count). The van der Waals surface area contributed by atoms with Gasteiger partial charge < -0.3 is 29.8 Å². The first kappa shape index (κ1) is 35.6. The van der Waals surface area contributed by atoms with E-state index in [-0.39, 0.29) is 18.8 Å². The summed E-state index contributed by atoms with van der Waals surface area (Å²) >= 11 is 0. The summed E-state index contributed by atoms with van der Waals surface area (Å²) in [6.07, 6.45) is -0.623. The molecule has 0 aliphatic carbocycles. The Morgan fingerprint density at radius 1 is 0.902 bits per heavy atom. The number of benzene rings is 4. The van der Waals surface area contributed by atoms with Gasteiger partial charge in [0.1, 0.15) is 35.2 Å². The van der Waals surface area contributed by atoms with Gasteiger partial charge in [0.15, 0.2) is 0 Å². The summed E-state index contributed by atoms with van der Waals surface area (Å²) in [7, 11) is 2.04. The number of ether oxygens (including phenoxy) is 4. The Balaban J connectivity index is 1.25. The van der Waals surface area contributed by atoms with E-state index in [0.717, 1.165) is 21.6 Å². The van der Waals surface area contributed by atoms with Crippen LogP contribution in [0, 0.1) is 11.8 Å². The molecule has 1 aromatic heterocycles. The topological polar surface area (TPSA) is 135 Å². The van der Waals surface area contributed by atoms with Crippen LogP contribution in [0.1, 0.15) is 41.3 Å². The summed E-state index contributed by atoms with van der Waals surface area (Å²) in [5, 5.41) is 11.2. The smallest absolute Gasteiger partial charge is 0.351 e. The fraction of sp³-hybridized carbons (Fsp3) is 0.250. The molecule has 0 amide bonds. The second-order valence-corrected chi connectivity index (χ2v) is 13.5. The number of aromatic nitrogens is 2. The molecule has 1 saturated heterocycles. The van der Waals surface area contributed by atoms with Gasteiger partial charge in [-0.15, -0.1) is 0 Å².